The summed E-state index contributed by atoms with van der Waals surface area (Å²) >= 11 is 2.96. The molecule has 6 fully saturated rings. The number of thioether (sulfide) groups is 1. The number of alkyl halides is 5. The third-order valence-electron chi connectivity index (χ3n) is 22.1. The number of sulfone groups is 1. The zero-order valence-corrected chi connectivity index (χ0v) is 64.2. The number of nitrogens with zero attached hydrogens (tertiary/aromatic N) is 5. The predicted molar refractivity (Wildman–Crippen MR) is 399 cm³/mol. The summed E-state index contributed by atoms with van der Waals surface area (Å²) in [6.07, 6.45) is 6.35. The number of allylic oxidation sites excluding steroid dienone is 1. The van der Waals surface area contributed by atoms with Crippen LogP contribution in [-0.4, -0.2) is 167 Å². The van der Waals surface area contributed by atoms with E-state index in [9.17, 15) is 62.8 Å². The fraction of sp³-hybridized carbons (Fsp3) is 0.558. The molecular weight excluding hydrogens is 1430 g/mol. The summed E-state index contributed by atoms with van der Waals surface area (Å²) in [5.74, 6) is -1.86. The molecule has 12 rings (SSSR count). The number of unbranched alkanes of at least 4 members (excludes halogenated alkanes) is 2. The standard InChI is InChI=1S/C77H99F5N10O9S4/c1-50(52-20-22-53(23-21-52)67-51(2)83-49-103-67)84-70(96)63-17-14-34-92(63)71(97)68(73(3,4)5)87-66(94)19-13-9-12-18-65(93)86-56-31-35-89(44-56)36-32-57(45-102-59-15-10-8-11-16-59)85-62-29-28-60(41-64(62)104(98,99)77(80,81)82)105(100,101)88-69(95)54-24-26-58(27-25-54)91-39-37-90(38-40-91)43-55-30-33-74(6,7)42-61(55)75-46-76(47-75,48-75)72(78)79/h8,10-11,15-16,20-29,41,49-50,56-57,63,68,72,85H,9,12-14,17-19,30-40,42-48H2,1-7H3,(H,84,96)(H,86,93)(H,87,94)(H,88,95)/t50-,56+,57+,63-,68?,75?,76?/m0/s1. The van der Waals surface area contributed by atoms with Crippen molar-refractivity contribution in [1.82, 2.24) is 40.4 Å². The second-order valence-electron chi connectivity index (χ2n) is 31.6. The van der Waals surface area contributed by atoms with E-state index in [2.05, 4.69) is 54.8 Å². The quantitative estimate of drug-likeness (QED) is 0.0124. The fourth-order valence-corrected chi connectivity index (χ4v) is 19.9. The molecule has 3 saturated carbocycles. The molecule has 4 aromatic carbocycles. The molecule has 3 saturated heterocycles. The van der Waals surface area contributed by atoms with Gasteiger partial charge in [0.05, 0.1) is 32.7 Å². The number of anilines is 2. The smallest absolute Gasteiger partial charge is 0.380 e. The molecule has 5 aromatic rings. The van der Waals surface area contributed by atoms with E-state index in [-0.39, 0.29) is 70.7 Å². The minimum Gasteiger partial charge on any atom is -0.380 e. The highest BCUT2D eigenvalue weighted by atomic mass is 32.2. The Balaban J connectivity index is 0.638. The minimum absolute atomic E-state index is 0.0616. The monoisotopic (exact) mass is 1530 g/mol. The molecule has 1 unspecified atom stereocenters. The SMILES string of the molecule is Cc1ncsc1-c1ccc([C@H](C)NC(=O)[C@@H]2CCCN2C(=O)C(NC(=O)CCCCCC(=O)N[C@@H]2CCN(CC[C@H](CSc3ccccc3)Nc3ccc(S(=O)(=O)NC(=O)c4ccc(N5CCN(CC6=C(C78CC(C(F)F)(C7)C8)CC(C)(C)CC6)CC5)cc4)cc3S(=O)(=O)C(F)(F)F)C2)C(C)(C)C)cc1. The van der Waals surface area contributed by atoms with Crippen LogP contribution in [0.4, 0.5) is 33.3 Å². The van der Waals surface area contributed by atoms with Gasteiger partial charge < -0.3 is 36.0 Å². The highest BCUT2D eigenvalue weighted by Crippen LogP contribution is 2.79. The molecular formula is C77H99F5N10O9S4. The number of carbonyl (C=O) groups is 5. The minimum atomic E-state index is -6.19. The molecule has 0 spiro atoms. The maximum Gasteiger partial charge on any atom is 0.501 e. The number of halogens is 5. The fourth-order valence-electron chi connectivity index (χ4n) is 16.0. The lowest BCUT2D eigenvalue weighted by Crippen LogP contribution is -2.66. The van der Waals surface area contributed by atoms with Gasteiger partial charge in [-0.1, -0.05) is 94.7 Å². The number of sulfonamides is 1. The Kier molecular flexibility index (Phi) is 24.4. The number of rotatable bonds is 30. The van der Waals surface area contributed by atoms with Crippen molar-refractivity contribution >= 4 is 83.9 Å². The summed E-state index contributed by atoms with van der Waals surface area (Å²) in [6.45, 7) is 19.5. The average Bonchev–Trinajstić information content (AvgIpc) is 1.49. The van der Waals surface area contributed by atoms with Gasteiger partial charge in [-0.25, -0.2) is 35.3 Å². The number of nitrogens with one attached hydrogen (secondary N) is 5. The lowest BCUT2D eigenvalue weighted by atomic mass is 9.32. The van der Waals surface area contributed by atoms with Crippen LogP contribution in [0.5, 0.6) is 0 Å². The van der Waals surface area contributed by atoms with E-state index >= 15 is 0 Å². The van der Waals surface area contributed by atoms with Gasteiger partial charge in [0.2, 0.25) is 30.1 Å². The van der Waals surface area contributed by atoms with Crippen LogP contribution in [0.2, 0.25) is 0 Å². The van der Waals surface area contributed by atoms with Gasteiger partial charge in [-0.3, -0.25) is 28.9 Å². The molecule has 28 heteroatoms. The molecule has 19 nitrogen and oxygen atoms in total. The summed E-state index contributed by atoms with van der Waals surface area (Å²) in [5.41, 5.74) is 0.523. The Labute approximate surface area is 622 Å². The third kappa shape index (κ3) is 18.8. The van der Waals surface area contributed by atoms with Gasteiger partial charge in [0.25, 0.3) is 25.8 Å². The molecule has 5 amide bonds. The molecule has 0 radical (unpaired) electrons. The number of aromatic nitrogens is 1. The van der Waals surface area contributed by atoms with Crippen LogP contribution in [0, 0.1) is 28.6 Å². The van der Waals surface area contributed by atoms with Gasteiger partial charge >= 0.3 is 5.51 Å². The Morgan fingerprint density at radius 1 is 0.790 bits per heavy atom. The highest BCUT2D eigenvalue weighted by Gasteiger charge is 2.73. The van der Waals surface area contributed by atoms with Crippen molar-refractivity contribution < 1.29 is 62.8 Å². The van der Waals surface area contributed by atoms with Crippen molar-refractivity contribution in [3.63, 3.8) is 0 Å². The molecule has 5 atom stereocenters. The Morgan fingerprint density at radius 2 is 1.48 bits per heavy atom. The molecule has 4 aliphatic carbocycles. The Bertz CT molecular complexity index is 4200. The van der Waals surface area contributed by atoms with E-state index in [1.54, 1.807) is 28.4 Å². The van der Waals surface area contributed by atoms with Crippen LogP contribution in [0.1, 0.15) is 166 Å². The molecule has 3 aliphatic heterocycles. The lowest BCUT2D eigenvalue weighted by molar-refractivity contribution is -0.250. The van der Waals surface area contributed by atoms with Crippen molar-refractivity contribution in [2.24, 2.45) is 21.7 Å². The summed E-state index contributed by atoms with van der Waals surface area (Å²) in [5, 5.41) is 12.2. The van der Waals surface area contributed by atoms with Crippen molar-refractivity contribution in [1.29, 1.82) is 0 Å². The first-order valence-corrected chi connectivity index (χ1v) is 41.4. The van der Waals surface area contributed by atoms with Gasteiger partial charge in [0.15, 0.2) is 0 Å². The first kappa shape index (κ1) is 79.1. The van der Waals surface area contributed by atoms with Crippen LogP contribution in [0.3, 0.4) is 0 Å². The number of likely N-dealkylation sites (tertiary alicyclic amines) is 2. The maximum atomic E-state index is 14.6. The Morgan fingerprint density at radius 3 is 2.12 bits per heavy atom. The van der Waals surface area contributed by atoms with E-state index in [4.69, 9.17) is 0 Å². The maximum absolute atomic E-state index is 14.6. The van der Waals surface area contributed by atoms with Gasteiger partial charge in [0, 0.05) is 111 Å². The lowest BCUT2D eigenvalue weighted by Gasteiger charge is -2.72. The van der Waals surface area contributed by atoms with Gasteiger partial charge in [-0.05, 0) is 173 Å². The number of piperazine rings is 1. The van der Waals surface area contributed by atoms with Crippen molar-refractivity contribution in [2.45, 2.75) is 202 Å². The topological polar surface area (TPSA) is 240 Å². The van der Waals surface area contributed by atoms with Gasteiger partial charge in [-0.15, -0.1) is 23.1 Å². The van der Waals surface area contributed by atoms with Crippen LogP contribution in [0.25, 0.3) is 10.4 Å². The second kappa shape index (κ2) is 32.5. The number of hydrogen-bond donors (Lipinski definition) is 5. The van der Waals surface area contributed by atoms with E-state index in [0.717, 1.165) is 83.3 Å². The average molecular weight is 1530 g/mol. The first-order valence-electron chi connectivity index (χ1n) is 36.6. The number of hydrogen-bond acceptors (Lipinski definition) is 16. The van der Waals surface area contributed by atoms with Crippen molar-refractivity contribution in [3.8, 4) is 10.4 Å². The van der Waals surface area contributed by atoms with E-state index in [0.29, 0.717) is 110 Å². The number of thiazole rings is 1. The van der Waals surface area contributed by atoms with Crippen molar-refractivity contribution in [3.05, 3.63) is 131 Å². The molecule has 1 aromatic heterocycles. The van der Waals surface area contributed by atoms with Crippen LogP contribution < -0.4 is 30.9 Å². The zero-order chi connectivity index (χ0) is 75.4. The third-order valence-corrected chi connectivity index (χ3v) is 27.1. The Hall–Kier alpha value is -6.98. The van der Waals surface area contributed by atoms with Crippen LogP contribution in [0.15, 0.2) is 128 Å². The highest BCUT2D eigenvalue weighted by molar-refractivity contribution is 7.99. The number of amides is 5. The van der Waals surface area contributed by atoms with Gasteiger partial charge in [0.1, 0.15) is 17.0 Å². The molecule has 7 aliphatic rings. The van der Waals surface area contributed by atoms with Gasteiger partial charge in [-0.2, -0.15) is 13.2 Å². The summed E-state index contributed by atoms with van der Waals surface area (Å²) in [4.78, 5) is 80.6. The summed E-state index contributed by atoms with van der Waals surface area (Å²) < 4.78 is 128. The first-order chi connectivity index (χ1) is 49.6. The van der Waals surface area contributed by atoms with Crippen molar-refractivity contribution in [2.75, 3.05) is 74.9 Å². The number of benzene rings is 4. The zero-order valence-electron chi connectivity index (χ0n) is 60.9. The van der Waals surface area contributed by atoms with Crippen LogP contribution >= 0.6 is 23.1 Å². The molecule has 2 bridgehead atoms. The largest absolute Gasteiger partial charge is 0.501 e. The molecule has 4 heterocycles. The normalized spacial score (nSPS) is 22.4. The second-order valence-corrected chi connectivity index (χ2v) is 37.1. The number of aryl methyl sites for hydroxylation is 1. The van der Waals surface area contributed by atoms with E-state index < -0.39 is 82.1 Å². The molecule has 570 valence electrons. The summed E-state index contributed by atoms with van der Waals surface area (Å²) in [7, 11) is -11.2. The predicted octanol–water partition coefficient (Wildman–Crippen LogP) is 13.1. The summed E-state index contributed by atoms with van der Waals surface area (Å²) in [6, 6.07) is 23.0. The van der Waals surface area contributed by atoms with Crippen LogP contribution in [-0.2, 0) is 39.0 Å². The van der Waals surface area contributed by atoms with E-state index in [1.807, 2.05) is 99.4 Å². The molecule has 5 N–H and O–H groups in total. The molecule has 105 heavy (non-hydrogen) atoms. The van der Waals surface area contributed by atoms with E-state index in [1.165, 1.54) is 35.0 Å². The number of carbonyl (C=O) groups excluding carboxylic acids is 5.